The summed E-state index contributed by atoms with van der Waals surface area (Å²) in [5.74, 6) is -0.118. The second kappa shape index (κ2) is 7.40. The van der Waals surface area contributed by atoms with Crippen LogP contribution >= 0.6 is 0 Å². The second-order valence-electron chi connectivity index (χ2n) is 4.27. The second-order valence-corrected chi connectivity index (χ2v) is 4.27. The van der Waals surface area contributed by atoms with E-state index in [9.17, 15) is 4.79 Å². The molecule has 0 bridgehead atoms. The van der Waals surface area contributed by atoms with Gasteiger partial charge >= 0.3 is 0 Å². The van der Waals surface area contributed by atoms with Crippen LogP contribution in [0, 0.1) is 0 Å². The Hall–Kier alpha value is -1.94. The Morgan fingerprint density at radius 2 is 2.00 bits per heavy atom. The number of rotatable bonds is 5. The summed E-state index contributed by atoms with van der Waals surface area (Å²) in [6, 6.07) is 9.94. The number of allylic oxidation sites excluding steroid dienone is 1. The van der Waals surface area contributed by atoms with E-state index in [-0.39, 0.29) is 5.91 Å². The first-order valence-electron chi connectivity index (χ1n) is 5.79. The Morgan fingerprint density at radius 1 is 1.33 bits per heavy atom. The van der Waals surface area contributed by atoms with Gasteiger partial charge in [-0.05, 0) is 32.7 Å². The van der Waals surface area contributed by atoms with Crippen molar-refractivity contribution in [2.45, 2.75) is 6.92 Å². The molecule has 4 heteroatoms. The van der Waals surface area contributed by atoms with Crippen molar-refractivity contribution in [2.75, 3.05) is 20.6 Å². The Labute approximate surface area is 108 Å². The maximum atomic E-state index is 11.3. The van der Waals surface area contributed by atoms with Crippen molar-refractivity contribution in [2.24, 2.45) is 5.10 Å². The predicted octanol–water partition coefficient (Wildman–Crippen LogP) is 1.75. The molecule has 4 nitrogen and oxygen atoms in total. The highest BCUT2D eigenvalue weighted by Crippen LogP contribution is 2.00. The van der Waals surface area contributed by atoms with Crippen LogP contribution < -0.4 is 5.43 Å². The molecule has 0 aliphatic carbocycles. The summed E-state index contributed by atoms with van der Waals surface area (Å²) in [7, 11) is 3.68. The molecule has 0 saturated heterocycles. The van der Waals surface area contributed by atoms with Crippen molar-refractivity contribution in [3.05, 3.63) is 42.0 Å². The highest BCUT2D eigenvalue weighted by Gasteiger charge is 2.00. The van der Waals surface area contributed by atoms with Crippen molar-refractivity contribution in [1.29, 1.82) is 0 Å². The maximum absolute atomic E-state index is 11.3. The number of nitrogens with one attached hydrogen (secondary N) is 1. The van der Waals surface area contributed by atoms with Gasteiger partial charge in [0.05, 0.1) is 12.3 Å². The topological polar surface area (TPSA) is 44.7 Å². The molecule has 0 aliphatic rings. The number of hydrogen-bond donors (Lipinski definition) is 1. The quantitative estimate of drug-likeness (QED) is 0.634. The van der Waals surface area contributed by atoms with Gasteiger partial charge in [-0.2, -0.15) is 5.10 Å². The lowest BCUT2D eigenvalue weighted by Crippen LogP contribution is -2.30. The van der Waals surface area contributed by atoms with Gasteiger partial charge in [0, 0.05) is 0 Å². The monoisotopic (exact) mass is 245 g/mol. The molecule has 18 heavy (non-hydrogen) atoms. The number of benzene rings is 1. The van der Waals surface area contributed by atoms with Crippen molar-refractivity contribution in [1.82, 2.24) is 10.3 Å². The molecule has 0 atom stereocenters. The van der Waals surface area contributed by atoms with Gasteiger partial charge in [-0.3, -0.25) is 4.79 Å². The third-order valence-corrected chi connectivity index (χ3v) is 2.13. The average Bonchev–Trinajstić information content (AvgIpc) is 2.34. The number of hydrazone groups is 1. The zero-order valence-corrected chi connectivity index (χ0v) is 11.1. The first kappa shape index (κ1) is 14.1. The zero-order chi connectivity index (χ0) is 13.4. The normalized spacial score (nSPS) is 12.1. The molecule has 0 aliphatic heterocycles. The van der Waals surface area contributed by atoms with E-state index in [4.69, 9.17) is 0 Å². The van der Waals surface area contributed by atoms with E-state index in [0.717, 1.165) is 11.3 Å². The number of amides is 1. The summed E-state index contributed by atoms with van der Waals surface area (Å²) in [5.41, 5.74) is 4.37. The number of hydrogen-bond acceptors (Lipinski definition) is 3. The van der Waals surface area contributed by atoms with Gasteiger partial charge < -0.3 is 4.90 Å². The summed E-state index contributed by atoms with van der Waals surface area (Å²) in [6.07, 6.45) is 3.82. The van der Waals surface area contributed by atoms with Gasteiger partial charge in [0.1, 0.15) is 0 Å². The van der Waals surface area contributed by atoms with Gasteiger partial charge in [-0.15, -0.1) is 0 Å². The molecule has 0 unspecified atom stereocenters. The van der Waals surface area contributed by atoms with Crippen LogP contribution in [0.4, 0.5) is 0 Å². The molecular formula is C14H19N3O. The van der Waals surface area contributed by atoms with Crippen LogP contribution in [0.1, 0.15) is 12.5 Å². The minimum atomic E-state index is -0.118. The molecule has 96 valence electrons. The SMILES string of the molecule is CC(/C=C/c1ccccc1)=N\NC(=O)CN(C)C. The van der Waals surface area contributed by atoms with E-state index in [2.05, 4.69) is 10.5 Å². The van der Waals surface area contributed by atoms with Crippen molar-refractivity contribution in [3.63, 3.8) is 0 Å². The van der Waals surface area contributed by atoms with Crippen LogP contribution in [-0.4, -0.2) is 37.2 Å². The summed E-state index contributed by atoms with van der Waals surface area (Å²) >= 11 is 0. The Bertz CT molecular complexity index is 436. The lowest BCUT2D eigenvalue weighted by molar-refractivity contribution is -0.121. The van der Waals surface area contributed by atoms with Gasteiger partial charge in [-0.25, -0.2) is 5.43 Å². The highest BCUT2D eigenvalue weighted by molar-refractivity contribution is 5.97. The van der Waals surface area contributed by atoms with Crippen LogP contribution in [-0.2, 0) is 4.79 Å². The Balaban J connectivity index is 2.47. The average molecular weight is 245 g/mol. The van der Waals surface area contributed by atoms with Crippen LogP contribution in [0.15, 0.2) is 41.5 Å². The summed E-state index contributed by atoms with van der Waals surface area (Å²) in [4.78, 5) is 13.1. The summed E-state index contributed by atoms with van der Waals surface area (Å²) < 4.78 is 0. The smallest absolute Gasteiger partial charge is 0.254 e. The molecule has 0 fully saturated rings. The molecule has 1 rings (SSSR count). The number of carbonyl (C=O) groups is 1. The van der Waals surface area contributed by atoms with Gasteiger partial charge in [0.25, 0.3) is 5.91 Å². The number of likely N-dealkylation sites (N-methyl/N-ethyl adjacent to an activating group) is 1. The third kappa shape index (κ3) is 5.96. The molecule has 0 saturated carbocycles. The first-order valence-corrected chi connectivity index (χ1v) is 5.79. The first-order chi connectivity index (χ1) is 8.58. The lowest BCUT2D eigenvalue weighted by Gasteiger charge is -2.07. The fourth-order valence-corrected chi connectivity index (χ4v) is 1.29. The maximum Gasteiger partial charge on any atom is 0.254 e. The molecular weight excluding hydrogens is 226 g/mol. The van der Waals surface area contributed by atoms with E-state index < -0.39 is 0 Å². The Kier molecular flexibility index (Phi) is 5.80. The number of nitrogens with zero attached hydrogens (tertiary/aromatic N) is 2. The van der Waals surface area contributed by atoms with Gasteiger partial charge in [0.15, 0.2) is 0 Å². The highest BCUT2D eigenvalue weighted by atomic mass is 16.2. The lowest BCUT2D eigenvalue weighted by atomic mass is 10.2. The van der Waals surface area contributed by atoms with Crippen LogP contribution in [0.2, 0.25) is 0 Å². The molecule has 1 amide bonds. The molecule has 1 aromatic rings. The fraction of sp³-hybridized carbons (Fsp3) is 0.286. The van der Waals surface area contributed by atoms with Crippen molar-refractivity contribution >= 4 is 17.7 Å². The van der Waals surface area contributed by atoms with Crippen molar-refractivity contribution in [3.8, 4) is 0 Å². The molecule has 0 radical (unpaired) electrons. The van der Waals surface area contributed by atoms with Gasteiger partial charge in [-0.1, -0.05) is 36.4 Å². The minimum Gasteiger partial charge on any atom is -0.301 e. The molecule has 1 aromatic carbocycles. The van der Waals surface area contributed by atoms with E-state index in [0.29, 0.717) is 6.54 Å². The molecule has 1 N–H and O–H groups in total. The zero-order valence-electron chi connectivity index (χ0n) is 11.1. The van der Waals surface area contributed by atoms with E-state index >= 15 is 0 Å². The molecule has 0 spiro atoms. The van der Waals surface area contributed by atoms with E-state index in [1.54, 1.807) is 4.90 Å². The van der Waals surface area contributed by atoms with E-state index in [1.165, 1.54) is 0 Å². The minimum absolute atomic E-state index is 0.118. The van der Waals surface area contributed by atoms with E-state index in [1.807, 2.05) is 63.5 Å². The standard InChI is InChI=1S/C14H19N3O/c1-12(15-16-14(18)11-17(2)3)9-10-13-7-5-4-6-8-13/h4-10H,11H2,1-3H3,(H,16,18)/b10-9+,15-12+. The van der Waals surface area contributed by atoms with Gasteiger partial charge in [0.2, 0.25) is 0 Å². The molecule has 0 aromatic heterocycles. The number of carbonyl (C=O) groups excluding carboxylic acids is 1. The van der Waals surface area contributed by atoms with Crippen molar-refractivity contribution < 1.29 is 4.79 Å². The predicted molar refractivity (Wildman–Crippen MR) is 75.3 cm³/mol. The summed E-state index contributed by atoms with van der Waals surface area (Å²) in [5, 5.41) is 4.00. The third-order valence-electron chi connectivity index (χ3n) is 2.13. The van der Waals surface area contributed by atoms with Crippen LogP contribution in [0.5, 0.6) is 0 Å². The fourth-order valence-electron chi connectivity index (χ4n) is 1.29. The largest absolute Gasteiger partial charge is 0.301 e. The molecule has 0 heterocycles. The van der Waals surface area contributed by atoms with Crippen LogP contribution in [0.3, 0.4) is 0 Å². The Morgan fingerprint density at radius 3 is 2.61 bits per heavy atom. The summed E-state index contributed by atoms with van der Waals surface area (Å²) in [6.45, 7) is 2.18. The van der Waals surface area contributed by atoms with Crippen LogP contribution in [0.25, 0.3) is 6.08 Å².